The Labute approximate surface area is 228 Å². The van der Waals surface area contributed by atoms with Crippen LogP contribution in [0.25, 0.3) is 0 Å². The van der Waals surface area contributed by atoms with Gasteiger partial charge in [-0.15, -0.1) is 0 Å². The molecule has 39 heavy (non-hydrogen) atoms. The van der Waals surface area contributed by atoms with Gasteiger partial charge in [0.05, 0.1) is 0 Å². The smallest absolute Gasteiger partial charge is 0.408 e. The van der Waals surface area contributed by atoms with E-state index in [4.69, 9.17) is 4.74 Å². The van der Waals surface area contributed by atoms with Crippen LogP contribution in [-0.2, 0) is 27.8 Å². The molecule has 1 aromatic carbocycles. The predicted molar refractivity (Wildman–Crippen MR) is 145 cm³/mol. The summed E-state index contributed by atoms with van der Waals surface area (Å²) in [6, 6.07) is 7.14. The van der Waals surface area contributed by atoms with Crippen molar-refractivity contribution >= 4 is 29.6 Å². The number of rotatable bonds is 9. The van der Waals surface area contributed by atoms with Crippen molar-refractivity contribution in [1.29, 1.82) is 0 Å². The number of ether oxygens (including phenoxy) is 1. The molecule has 0 spiro atoms. The first kappa shape index (κ1) is 29.7. The van der Waals surface area contributed by atoms with Crippen LogP contribution in [-0.4, -0.2) is 55.9 Å². The number of benzene rings is 1. The van der Waals surface area contributed by atoms with Crippen LogP contribution in [0.1, 0.15) is 75.9 Å². The number of amides is 3. The number of carbonyl (C=O) groups excluding carboxylic acids is 3. The fourth-order valence-electron chi connectivity index (χ4n) is 4.79. The lowest BCUT2D eigenvalue weighted by molar-refractivity contribution is -0.139. The number of aromatic nitrogens is 2. The molecule has 1 fully saturated rings. The van der Waals surface area contributed by atoms with Crippen LogP contribution in [0.5, 0.6) is 0 Å². The van der Waals surface area contributed by atoms with Crippen molar-refractivity contribution in [3.05, 3.63) is 47.8 Å². The lowest BCUT2D eigenvalue weighted by Gasteiger charge is -2.39. The summed E-state index contributed by atoms with van der Waals surface area (Å²) in [5.41, 5.74) is -0.381. The minimum Gasteiger partial charge on any atom is -0.480 e. The normalized spacial score (nSPS) is 16.4. The van der Waals surface area contributed by atoms with Crippen LogP contribution in [0.4, 0.5) is 10.5 Å². The molecular weight excluding hydrogens is 502 g/mol. The Balaban J connectivity index is 1.71. The maximum absolute atomic E-state index is 13.6. The maximum Gasteiger partial charge on any atom is 0.408 e. The highest BCUT2D eigenvalue weighted by Gasteiger charge is 2.43. The maximum atomic E-state index is 13.6. The number of carboxylic acids is 1. The topological polar surface area (TPSA) is 152 Å². The number of hydrogen-bond acceptors (Lipinski definition) is 6. The molecule has 1 saturated carbocycles. The monoisotopic (exact) mass is 541 g/mol. The standard InChI is InChI=1S/C28H39N5O6/c1-27(2,3)39-26(38)31-21(24(35)36)17-18-11-13-20(14-12-18)30-25(37)28(4,19-9-7-6-8-10-19)32-23(34)22-15-16-29-33(22)5/h11-16,19,21H,6-10,17H2,1-5H3,(H,30,37)(H,31,38)(H,32,34)(H,35,36)/t21-,28-/m1/s1. The number of nitrogens with zero attached hydrogens (tertiary/aromatic N) is 2. The van der Waals surface area contributed by atoms with E-state index in [2.05, 4.69) is 21.0 Å². The Bertz CT molecular complexity index is 1180. The van der Waals surface area contributed by atoms with E-state index < -0.39 is 29.2 Å². The molecule has 1 aliphatic rings. The molecule has 0 saturated heterocycles. The molecule has 3 amide bonds. The summed E-state index contributed by atoms with van der Waals surface area (Å²) in [5.74, 6) is -1.91. The van der Waals surface area contributed by atoms with Gasteiger partial charge in [-0.1, -0.05) is 31.4 Å². The second kappa shape index (κ2) is 12.3. The molecule has 0 bridgehead atoms. The van der Waals surface area contributed by atoms with Crippen LogP contribution in [0.2, 0.25) is 0 Å². The first-order chi connectivity index (χ1) is 18.3. The number of carbonyl (C=O) groups is 4. The van der Waals surface area contributed by atoms with Crippen molar-refractivity contribution in [3.63, 3.8) is 0 Å². The zero-order chi connectivity index (χ0) is 28.8. The van der Waals surface area contributed by atoms with E-state index >= 15 is 0 Å². The first-order valence-corrected chi connectivity index (χ1v) is 13.2. The van der Waals surface area contributed by atoms with Gasteiger partial charge in [0.1, 0.15) is 22.9 Å². The highest BCUT2D eigenvalue weighted by molar-refractivity contribution is 6.03. The molecule has 3 rings (SSSR count). The molecule has 0 unspecified atom stereocenters. The number of carboxylic acid groups (broad SMARTS) is 1. The van der Waals surface area contributed by atoms with Gasteiger partial charge < -0.3 is 25.8 Å². The molecule has 2 atom stereocenters. The molecule has 1 aromatic heterocycles. The first-order valence-electron chi connectivity index (χ1n) is 13.2. The van der Waals surface area contributed by atoms with Gasteiger partial charge in [-0.3, -0.25) is 14.3 Å². The number of aliphatic carboxylic acids is 1. The third-order valence-corrected chi connectivity index (χ3v) is 6.96. The summed E-state index contributed by atoms with van der Waals surface area (Å²) >= 11 is 0. The minimum absolute atomic E-state index is 0.0297. The fraction of sp³-hybridized carbons (Fsp3) is 0.536. The Kier molecular flexibility index (Phi) is 9.36. The van der Waals surface area contributed by atoms with E-state index in [9.17, 15) is 24.3 Å². The summed E-state index contributed by atoms with van der Waals surface area (Å²) in [6.07, 6.45) is 5.50. The fourth-order valence-corrected chi connectivity index (χ4v) is 4.79. The van der Waals surface area contributed by atoms with Gasteiger partial charge in [0.15, 0.2) is 0 Å². The lowest BCUT2D eigenvalue weighted by atomic mass is 9.75. The quantitative estimate of drug-likeness (QED) is 0.378. The molecular formula is C28H39N5O6. The van der Waals surface area contributed by atoms with Gasteiger partial charge in [-0.2, -0.15) is 5.10 Å². The lowest BCUT2D eigenvalue weighted by Crippen LogP contribution is -2.59. The average Bonchev–Trinajstić information content (AvgIpc) is 3.30. The summed E-state index contributed by atoms with van der Waals surface area (Å²) in [5, 5.41) is 21.9. The minimum atomic E-state index is -1.19. The molecule has 1 heterocycles. The van der Waals surface area contributed by atoms with E-state index in [-0.39, 0.29) is 24.2 Å². The Hall–Kier alpha value is -3.89. The highest BCUT2D eigenvalue weighted by atomic mass is 16.6. The van der Waals surface area contributed by atoms with E-state index in [1.54, 1.807) is 65.1 Å². The molecule has 0 aliphatic heterocycles. The summed E-state index contributed by atoms with van der Waals surface area (Å²) in [4.78, 5) is 50.4. The molecule has 11 heteroatoms. The number of alkyl carbamates (subject to hydrolysis) is 1. The van der Waals surface area contributed by atoms with Crippen LogP contribution < -0.4 is 16.0 Å². The molecule has 4 N–H and O–H groups in total. The Morgan fingerprint density at radius 1 is 1.05 bits per heavy atom. The highest BCUT2D eigenvalue weighted by Crippen LogP contribution is 2.34. The van der Waals surface area contributed by atoms with Gasteiger partial charge in [-0.25, -0.2) is 9.59 Å². The van der Waals surface area contributed by atoms with E-state index in [0.717, 1.165) is 32.1 Å². The van der Waals surface area contributed by atoms with E-state index in [0.29, 0.717) is 16.9 Å². The van der Waals surface area contributed by atoms with E-state index in [1.807, 2.05) is 0 Å². The molecule has 11 nitrogen and oxygen atoms in total. The zero-order valence-corrected chi connectivity index (χ0v) is 23.2. The second-order valence-electron chi connectivity index (χ2n) is 11.2. The molecule has 0 radical (unpaired) electrons. The van der Waals surface area contributed by atoms with Gasteiger partial charge in [-0.05, 0) is 70.2 Å². The van der Waals surface area contributed by atoms with Crippen molar-refractivity contribution in [3.8, 4) is 0 Å². The Morgan fingerprint density at radius 3 is 2.23 bits per heavy atom. The number of hydrogen-bond donors (Lipinski definition) is 4. The van der Waals surface area contributed by atoms with Gasteiger partial charge in [0.25, 0.3) is 5.91 Å². The van der Waals surface area contributed by atoms with Gasteiger partial charge in [0, 0.05) is 25.4 Å². The van der Waals surface area contributed by atoms with Crippen molar-refractivity contribution in [2.45, 2.75) is 83.4 Å². The Morgan fingerprint density at radius 2 is 1.69 bits per heavy atom. The molecule has 1 aliphatic carbocycles. The van der Waals surface area contributed by atoms with Crippen molar-refractivity contribution < 1.29 is 29.0 Å². The van der Waals surface area contributed by atoms with Crippen LogP contribution in [0, 0.1) is 5.92 Å². The number of nitrogens with one attached hydrogen (secondary N) is 3. The van der Waals surface area contributed by atoms with Crippen LogP contribution in [0.15, 0.2) is 36.5 Å². The average molecular weight is 542 g/mol. The number of anilines is 1. The van der Waals surface area contributed by atoms with Crippen LogP contribution in [0.3, 0.4) is 0 Å². The zero-order valence-electron chi connectivity index (χ0n) is 23.2. The third kappa shape index (κ3) is 8.05. The van der Waals surface area contributed by atoms with Gasteiger partial charge in [0.2, 0.25) is 5.91 Å². The summed E-state index contributed by atoms with van der Waals surface area (Å²) in [6.45, 7) is 6.84. The largest absolute Gasteiger partial charge is 0.480 e. The van der Waals surface area contributed by atoms with Crippen LogP contribution >= 0.6 is 0 Å². The van der Waals surface area contributed by atoms with Crippen molar-refractivity contribution in [2.24, 2.45) is 13.0 Å². The van der Waals surface area contributed by atoms with Gasteiger partial charge >= 0.3 is 12.1 Å². The second-order valence-corrected chi connectivity index (χ2v) is 11.2. The number of aryl methyl sites for hydroxylation is 1. The molecule has 212 valence electrons. The molecule has 2 aromatic rings. The van der Waals surface area contributed by atoms with Crippen molar-refractivity contribution in [2.75, 3.05) is 5.32 Å². The summed E-state index contributed by atoms with van der Waals surface area (Å²) in [7, 11) is 1.67. The van der Waals surface area contributed by atoms with Crippen molar-refractivity contribution in [1.82, 2.24) is 20.4 Å². The predicted octanol–water partition coefficient (Wildman–Crippen LogP) is 3.65. The SMILES string of the molecule is Cn1nccc1C(=O)N[C@@](C)(C(=O)Nc1ccc(C[C@@H](NC(=O)OC(C)(C)C)C(=O)O)cc1)C1CCCCC1. The van der Waals surface area contributed by atoms with E-state index in [1.165, 1.54) is 10.9 Å². The third-order valence-electron chi connectivity index (χ3n) is 6.96. The summed E-state index contributed by atoms with van der Waals surface area (Å²) < 4.78 is 6.63.